The van der Waals surface area contributed by atoms with E-state index in [2.05, 4.69) is 15.7 Å². The van der Waals surface area contributed by atoms with E-state index in [1.807, 2.05) is 35.0 Å². The Morgan fingerprint density at radius 1 is 1.24 bits per heavy atom. The zero-order valence-electron chi connectivity index (χ0n) is 16.1. The molecule has 1 aromatic carbocycles. The summed E-state index contributed by atoms with van der Waals surface area (Å²) >= 11 is 0. The number of hydrogen-bond donors (Lipinski definition) is 2. The van der Waals surface area contributed by atoms with E-state index in [-0.39, 0.29) is 18.5 Å². The first kappa shape index (κ1) is 18.3. The summed E-state index contributed by atoms with van der Waals surface area (Å²) < 4.78 is 21.7. The number of benzene rings is 1. The monoisotopic (exact) mass is 397 g/mol. The highest BCUT2D eigenvalue weighted by Gasteiger charge is 2.33. The molecule has 152 valence electrons. The number of carbonyl (C=O) groups excluding carboxylic acids is 1. The molecule has 3 aromatic rings. The summed E-state index contributed by atoms with van der Waals surface area (Å²) in [6.07, 6.45) is 7.08. The molecule has 2 aromatic heterocycles. The second-order valence-corrected chi connectivity index (χ2v) is 7.82. The van der Waals surface area contributed by atoms with E-state index in [4.69, 9.17) is 4.74 Å². The minimum absolute atomic E-state index is 0.0676. The third kappa shape index (κ3) is 3.54. The molecule has 2 saturated heterocycles. The number of aromatic nitrogens is 3. The van der Waals surface area contributed by atoms with Gasteiger partial charge >= 0.3 is 0 Å². The van der Waals surface area contributed by atoms with Crippen LogP contribution in [0.25, 0.3) is 16.6 Å². The summed E-state index contributed by atoms with van der Waals surface area (Å²) in [6, 6.07) is 8.55. The van der Waals surface area contributed by atoms with Gasteiger partial charge in [0.1, 0.15) is 6.67 Å². The number of halogens is 1. The quantitative estimate of drug-likeness (QED) is 0.691. The smallest absolute Gasteiger partial charge is 0.253 e. The van der Waals surface area contributed by atoms with Crippen molar-refractivity contribution in [1.29, 1.82) is 0 Å². The van der Waals surface area contributed by atoms with Gasteiger partial charge in [0.05, 0.1) is 42.7 Å². The van der Waals surface area contributed by atoms with Gasteiger partial charge < -0.3 is 19.9 Å². The van der Waals surface area contributed by atoms with Gasteiger partial charge in [-0.3, -0.25) is 9.48 Å². The lowest BCUT2D eigenvalue weighted by molar-refractivity contribution is 0.0148. The highest BCUT2D eigenvalue weighted by atomic mass is 19.1. The first-order valence-electron chi connectivity index (χ1n) is 10.0. The molecule has 5 rings (SSSR count). The third-order valence-corrected chi connectivity index (χ3v) is 5.75. The molecule has 8 heteroatoms. The van der Waals surface area contributed by atoms with Crippen molar-refractivity contribution in [2.75, 3.05) is 19.9 Å². The molecule has 2 aliphatic heterocycles. The Balaban J connectivity index is 1.43. The van der Waals surface area contributed by atoms with E-state index in [1.165, 1.54) is 0 Å². The van der Waals surface area contributed by atoms with E-state index in [0.717, 1.165) is 29.4 Å². The number of alkyl halides is 1. The summed E-state index contributed by atoms with van der Waals surface area (Å²) in [6.45, 7) is 1.15. The highest BCUT2D eigenvalue weighted by Crippen LogP contribution is 2.26. The van der Waals surface area contributed by atoms with E-state index >= 15 is 0 Å². The van der Waals surface area contributed by atoms with Crippen LogP contribution in [0.3, 0.4) is 0 Å². The Morgan fingerprint density at radius 2 is 2.03 bits per heavy atom. The molecular weight excluding hydrogens is 373 g/mol. The van der Waals surface area contributed by atoms with Gasteiger partial charge in [0.15, 0.2) is 0 Å². The molecule has 4 heterocycles. The van der Waals surface area contributed by atoms with Gasteiger partial charge in [0.25, 0.3) is 5.91 Å². The highest BCUT2D eigenvalue weighted by molar-refractivity contribution is 6.07. The molecule has 2 fully saturated rings. The zero-order chi connectivity index (χ0) is 19.8. The number of fused-ring (bicyclic) bond motifs is 3. The molecule has 7 nitrogen and oxygen atoms in total. The fraction of sp³-hybridized carbons (Fsp3) is 0.429. The maximum Gasteiger partial charge on any atom is 0.253 e. The summed E-state index contributed by atoms with van der Waals surface area (Å²) in [5.74, 6) is -0.0676. The number of nitrogens with one attached hydrogen (secondary N) is 2. The second-order valence-electron chi connectivity index (χ2n) is 7.82. The number of morpholine rings is 1. The van der Waals surface area contributed by atoms with Crippen LogP contribution < -0.4 is 10.6 Å². The van der Waals surface area contributed by atoms with Gasteiger partial charge in [-0.25, -0.2) is 4.39 Å². The summed E-state index contributed by atoms with van der Waals surface area (Å²) in [5, 5.41) is 11.9. The molecule has 2 bridgehead atoms. The average Bonchev–Trinajstić information content (AvgIpc) is 3.32. The van der Waals surface area contributed by atoms with E-state index in [0.29, 0.717) is 30.9 Å². The number of rotatable bonds is 5. The average molecular weight is 397 g/mol. The van der Waals surface area contributed by atoms with Gasteiger partial charge in [-0.05, 0) is 18.9 Å². The summed E-state index contributed by atoms with van der Waals surface area (Å²) in [7, 11) is 0. The van der Waals surface area contributed by atoms with Gasteiger partial charge in [-0.1, -0.05) is 18.2 Å². The molecule has 0 saturated carbocycles. The van der Waals surface area contributed by atoms with E-state index in [1.54, 1.807) is 17.1 Å². The van der Waals surface area contributed by atoms with Crippen LogP contribution in [0.1, 0.15) is 23.2 Å². The van der Waals surface area contributed by atoms with Crippen LogP contribution in [0.5, 0.6) is 0 Å². The van der Waals surface area contributed by atoms with Crippen molar-refractivity contribution >= 4 is 16.8 Å². The standard InChI is InChI=1S/C21H24FN5O2/c22-5-6-26-10-17(9-23-26)27-11-19(18-3-1-2-4-20(18)27)21(28)25-14-7-15-12-29-13-16(8-14)24-15/h1-4,9-11,14-16,24H,5-8,12-13H2,(H,25,28). The van der Waals surface area contributed by atoms with Crippen LogP contribution >= 0.6 is 0 Å². The van der Waals surface area contributed by atoms with Crippen molar-refractivity contribution in [3.63, 3.8) is 0 Å². The Morgan fingerprint density at radius 3 is 2.83 bits per heavy atom. The van der Waals surface area contributed by atoms with Gasteiger partial charge in [-0.2, -0.15) is 5.10 Å². The normalized spacial score (nSPS) is 24.0. The van der Waals surface area contributed by atoms with Crippen LogP contribution in [0.15, 0.2) is 42.9 Å². The number of piperidine rings is 1. The van der Waals surface area contributed by atoms with Crippen molar-refractivity contribution in [3.8, 4) is 5.69 Å². The second kappa shape index (κ2) is 7.61. The Labute approximate surface area is 167 Å². The van der Waals surface area contributed by atoms with Crippen molar-refractivity contribution in [2.24, 2.45) is 0 Å². The Kier molecular flexibility index (Phi) is 4.81. The number of aryl methyl sites for hydroxylation is 1. The first-order valence-corrected chi connectivity index (χ1v) is 10.0. The number of amides is 1. The lowest BCUT2D eigenvalue weighted by atomic mass is 9.92. The van der Waals surface area contributed by atoms with Crippen molar-refractivity contribution in [3.05, 3.63) is 48.4 Å². The third-order valence-electron chi connectivity index (χ3n) is 5.75. The van der Waals surface area contributed by atoms with E-state index < -0.39 is 6.67 Å². The Bertz CT molecular complexity index is 1020. The number of nitrogens with zero attached hydrogens (tertiary/aromatic N) is 3. The predicted octanol–water partition coefficient (Wildman–Crippen LogP) is 2.05. The molecule has 2 atom stereocenters. The van der Waals surface area contributed by atoms with Gasteiger partial charge in [-0.15, -0.1) is 0 Å². The summed E-state index contributed by atoms with van der Waals surface area (Å²) in [5.41, 5.74) is 2.37. The maximum atomic E-state index is 13.2. The molecular formula is C21H24FN5O2. The lowest BCUT2D eigenvalue weighted by Crippen LogP contribution is -2.58. The summed E-state index contributed by atoms with van der Waals surface area (Å²) in [4.78, 5) is 13.2. The topological polar surface area (TPSA) is 73.1 Å². The van der Waals surface area contributed by atoms with Gasteiger partial charge in [0.2, 0.25) is 0 Å². The molecule has 2 aliphatic rings. The minimum atomic E-state index is -0.468. The lowest BCUT2D eigenvalue weighted by Gasteiger charge is -2.40. The predicted molar refractivity (Wildman–Crippen MR) is 107 cm³/mol. The molecule has 0 radical (unpaired) electrons. The SMILES string of the molecule is O=C(NC1CC2COCC(C1)N2)c1cn(-c2cnn(CCF)c2)c2ccccc12. The van der Waals surface area contributed by atoms with Crippen LogP contribution in [-0.2, 0) is 11.3 Å². The molecule has 2 unspecified atom stereocenters. The maximum absolute atomic E-state index is 13.2. The minimum Gasteiger partial charge on any atom is -0.378 e. The van der Waals surface area contributed by atoms with Crippen LogP contribution in [0.2, 0.25) is 0 Å². The van der Waals surface area contributed by atoms with Gasteiger partial charge in [0, 0.05) is 35.9 Å². The molecule has 0 aliphatic carbocycles. The molecule has 1 amide bonds. The van der Waals surface area contributed by atoms with Crippen LogP contribution in [0, 0.1) is 0 Å². The van der Waals surface area contributed by atoms with Crippen LogP contribution in [0.4, 0.5) is 4.39 Å². The van der Waals surface area contributed by atoms with Crippen molar-refractivity contribution in [2.45, 2.75) is 37.5 Å². The van der Waals surface area contributed by atoms with Crippen molar-refractivity contribution in [1.82, 2.24) is 25.0 Å². The first-order chi connectivity index (χ1) is 14.2. The Hall–Kier alpha value is -2.71. The fourth-order valence-corrected chi connectivity index (χ4v) is 4.48. The zero-order valence-corrected chi connectivity index (χ0v) is 16.1. The molecule has 2 N–H and O–H groups in total. The van der Waals surface area contributed by atoms with E-state index in [9.17, 15) is 9.18 Å². The molecule has 0 spiro atoms. The number of para-hydroxylation sites is 1. The van der Waals surface area contributed by atoms with Crippen molar-refractivity contribution < 1.29 is 13.9 Å². The number of ether oxygens (including phenoxy) is 1. The van der Waals surface area contributed by atoms with Crippen LogP contribution in [-0.4, -0.2) is 58.3 Å². The molecule has 29 heavy (non-hydrogen) atoms. The largest absolute Gasteiger partial charge is 0.378 e. The number of hydrogen-bond acceptors (Lipinski definition) is 4. The number of carbonyl (C=O) groups is 1. The fourth-order valence-electron chi connectivity index (χ4n) is 4.48.